The summed E-state index contributed by atoms with van der Waals surface area (Å²) in [5.41, 5.74) is 2.77. The van der Waals surface area contributed by atoms with Crippen LogP contribution in [-0.2, 0) is 0 Å². The maximum absolute atomic E-state index is 13.5. The lowest BCUT2D eigenvalue weighted by molar-refractivity contribution is 0.0356. The number of anilines is 1. The summed E-state index contributed by atoms with van der Waals surface area (Å²) in [6.45, 7) is 4.13. The van der Waals surface area contributed by atoms with Gasteiger partial charge in [0.25, 0.3) is 5.91 Å². The van der Waals surface area contributed by atoms with Gasteiger partial charge in [-0.15, -0.1) is 0 Å². The summed E-state index contributed by atoms with van der Waals surface area (Å²) in [6, 6.07) is 6.72. The van der Waals surface area contributed by atoms with Crippen molar-refractivity contribution in [2.45, 2.75) is 45.3 Å². The number of carbonyl (C=O) groups excluding carboxylic acids is 2. The Morgan fingerprint density at radius 1 is 1.39 bits per heavy atom. The number of aliphatic hydroxyl groups excluding tert-OH is 1. The highest BCUT2D eigenvalue weighted by atomic mass is 19.1. The number of halogens is 1. The molecule has 192 valence electrons. The number of pyridine rings is 1. The van der Waals surface area contributed by atoms with Gasteiger partial charge >= 0.3 is 6.03 Å². The first-order valence-electron chi connectivity index (χ1n) is 12.3. The molecule has 1 aliphatic heterocycles. The fourth-order valence-electron chi connectivity index (χ4n) is 4.57. The first kappa shape index (κ1) is 25.6. The molecule has 8 nitrogen and oxygen atoms in total. The quantitative estimate of drug-likeness (QED) is 0.626. The third kappa shape index (κ3) is 5.67. The molecular formula is C27H33FN4O4. The van der Waals surface area contributed by atoms with Crippen molar-refractivity contribution in [3.05, 3.63) is 59.5 Å². The molecule has 2 aromatic rings. The van der Waals surface area contributed by atoms with Crippen molar-refractivity contribution in [3.8, 4) is 5.88 Å². The molecule has 0 unspecified atom stereocenters. The predicted molar refractivity (Wildman–Crippen MR) is 135 cm³/mol. The van der Waals surface area contributed by atoms with Gasteiger partial charge in [-0.3, -0.25) is 4.79 Å². The molecule has 2 N–H and O–H groups in total. The third-order valence-corrected chi connectivity index (χ3v) is 6.81. The van der Waals surface area contributed by atoms with Crippen molar-refractivity contribution >= 4 is 23.2 Å². The molecule has 1 aromatic heterocycles. The van der Waals surface area contributed by atoms with Crippen LogP contribution >= 0.6 is 0 Å². The van der Waals surface area contributed by atoms with E-state index in [0.717, 1.165) is 24.8 Å². The highest BCUT2D eigenvalue weighted by Gasteiger charge is 2.35. The van der Waals surface area contributed by atoms with Crippen LogP contribution in [0.5, 0.6) is 5.88 Å². The number of aromatic nitrogens is 1. The fourth-order valence-corrected chi connectivity index (χ4v) is 4.57. The molecule has 3 atom stereocenters. The second-order valence-corrected chi connectivity index (χ2v) is 9.64. The Kier molecular flexibility index (Phi) is 7.88. The normalized spacial score (nSPS) is 20.5. The average Bonchev–Trinajstić information content (AvgIpc) is 3.40. The van der Waals surface area contributed by atoms with E-state index in [2.05, 4.69) is 16.4 Å². The molecule has 1 aromatic carbocycles. The van der Waals surface area contributed by atoms with E-state index in [9.17, 15) is 19.1 Å². The first-order chi connectivity index (χ1) is 17.3. The summed E-state index contributed by atoms with van der Waals surface area (Å²) in [5, 5.41) is 12.5. The number of carbonyl (C=O) groups is 2. The molecule has 0 radical (unpaired) electrons. The van der Waals surface area contributed by atoms with Gasteiger partial charge in [-0.05, 0) is 61.6 Å². The van der Waals surface area contributed by atoms with Gasteiger partial charge in [0.1, 0.15) is 17.5 Å². The van der Waals surface area contributed by atoms with Crippen molar-refractivity contribution in [2.24, 2.45) is 5.92 Å². The highest BCUT2D eigenvalue weighted by Crippen LogP contribution is 2.32. The van der Waals surface area contributed by atoms with E-state index in [4.69, 9.17) is 4.74 Å². The second kappa shape index (κ2) is 11.1. The SMILES string of the molecule is C[C@@H]1CN([C@H](C)CO)C(=O)c2cc(C3=CCCC3)cnc2O[C@H]1CN(C)C(=O)Nc1cccc(F)c1. The van der Waals surface area contributed by atoms with Gasteiger partial charge in [0.2, 0.25) is 5.88 Å². The average molecular weight is 497 g/mol. The van der Waals surface area contributed by atoms with Crippen LogP contribution in [0.25, 0.3) is 5.57 Å². The minimum atomic E-state index is -0.474. The third-order valence-electron chi connectivity index (χ3n) is 6.81. The zero-order chi connectivity index (χ0) is 25.8. The van der Waals surface area contributed by atoms with Gasteiger partial charge < -0.3 is 25.0 Å². The summed E-state index contributed by atoms with van der Waals surface area (Å²) in [7, 11) is 1.63. The molecule has 4 rings (SSSR count). The number of hydrogen-bond acceptors (Lipinski definition) is 5. The predicted octanol–water partition coefficient (Wildman–Crippen LogP) is 4.17. The van der Waals surface area contributed by atoms with Gasteiger partial charge in [-0.25, -0.2) is 14.2 Å². The number of nitrogens with zero attached hydrogens (tertiary/aromatic N) is 3. The lowest BCUT2D eigenvalue weighted by atomic mass is 9.99. The molecule has 0 bridgehead atoms. The molecule has 9 heteroatoms. The van der Waals surface area contributed by atoms with Crippen molar-refractivity contribution in [2.75, 3.05) is 32.1 Å². The van der Waals surface area contributed by atoms with E-state index in [0.29, 0.717) is 17.8 Å². The maximum Gasteiger partial charge on any atom is 0.321 e. The minimum absolute atomic E-state index is 0.167. The topological polar surface area (TPSA) is 95.0 Å². The standard InChI is InChI=1S/C27H33FN4O4/c1-17-14-32(18(2)16-33)26(34)23-11-20(19-7-4-5-8-19)13-29-25(23)36-24(17)15-31(3)27(35)30-22-10-6-9-21(28)12-22/h6-7,9-13,17-18,24,33H,4-5,8,14-16H2,1-3H3,(H,30,35)/t17-,18-,24+/m1/s1. The summed E-state index contributed by atoms with van der Waals surface area (Å²) in [4.78, 5) is 34.0. The van der Waals surface area contributed by atoms with E-state index in [1.807, 2.05) is 13.0 Å². The number of amides is 3. The van der Waals surface area contributed by atoms with Crippen molar-refractivity contribution in [1.29, 1.82) is 0 Å². The first-order valence-corrected chi connectivity index (χ1v) is 12.3. The monoisotopic (exact) mass is 496 g/mol. The van der Waals surface area contributed by atoms with Gasteiger partial charge in [-0.2, -0.15) is 0 Å². The van der Waals surface area contributed by atoms with Gasteiger partial charge in [-0.1, -0.05) is 19.1 Å². The number of urea groups is 1. The van der Waals surface area contributed by atoms with Crippen molar-refractivity contribution < 1.29 is 23.8 Å². The number of hydrogen-bond donors (Lipinski definition) is 2. The molecule has 0 fully saturated rings. The van der Waals surface area contributed by atoms with E-state index < -0.39 is 24.0 Å². The smallest absolute Gasteiger partial charge is 0.321 e. The van der Waals surface area contributed by atoms with E-state index in [-0.39, 0.29) is 30.9 Å². The number of aliphatic hydroxyl groups is 1. The van der Waals surface area contributed by atoms with Crippen LogP contribution in [0, 0.1) is 11.7 Å². The number of rotatable bonds is 6. The van der Waals surface area contributed by atoms with Gasteiger partial charge in [0, 0.05) is 31.4 Å². The Morgan fingerprint density at radius 2 is 2.19 bits per heavy atom. The number of allylic oxidation sites excluding steroid dienone is 2. The Bertz CT molecular complexity index is 1150. The molecular weight excluding hydrogens is 463 g/mol. The summed E-state index contributed by atoms with van der Waals surface area (Å²) >= 11 is 0. The van der Waals surface area contributed by atoms with Crippen LogP contribution in [0.4, 0.5) is 14.9 Å². The van der Waals surface area contributed by atoms with Gasteiger partial charge in [0.15, 0.2) is 0 Å². The molecule has 0 spiro atoms. The van der Waals surface area contributed by atoms with E-state index in [1.54, 1.807) is 31.1 Å². The Morgan fingerprint density at radius 3 is 2.89 bits per heavy atom. The van der Waals surface area contributed by atoms with Crippen molar-refractivity contribution in [3.63, 3.8) is 0 Å². The molecule has 2 aliphatic rings. The molecule has 36 heavy (non-hydrogen) atoms. The summed E-state index contributed by atoms with van der Waals surface area (Å²) in [6.07, 6.45) is 6.45. The van der Waals surface area contributed by atoms with Crippen LogP contribution in [0.1, 0.15) is 49.0 Å². The number of nitrogens with one attached hydrogen (secondary N) is 1. The summed E-state index contributed by atoms with van der Waals surface area (Å²) < 4.78 is 19.8. The largest absolute Gasteiger partial charge is 0.472 e. The van der Waals surface area contributed by atoms with E-state index >= 15 is 0 Å². The Hall–Kier alpha value is -3.46. The van der Waals surface area contributed by atoms with Crippen LogP contribution in [0.2, 0.25) is 0 Å². The molecule has 1 aliphatic carbocycles. The Balaban J connectivity index is 1.59. The number of benzene rings is 1. The zero-order valence-electron chi connectivity index (χ0n) is 20.9. The minimum Gasteiger partial charge on any atom is -0.472 e. The van der Waals surface area contributed by atoms with Crippen LogP contribution in [0.3, 0.4) is 0 Å². The number of likely N-dealkylation sites (N-methyl/N-ethyl adjacent to an activating group) is 1. The van der Waals surface area contributed by atoms with Gasteiger partial charge in [0.05, 0.1) is 19.2 Å². The molecule has 3 amide bonds. The molecule has 2 heterocycles. The Labute approximate surface area is 210 Å². The number of ether oxygens (including phenoxy) is 1. The lowest BCUT2D eigenvalue weighted by Crippen LogP contribution is -2.50. The molecule has 0 saturated carbocycles. The van der Waals surface area contributed by atoms with Crippen LogP contribution < -0.4 is 10.1 Å². The lowest BCUT2D eigenvalue weighted by Gasteiger charge is -2.37. The zero-order valence-corrected chi connectivity index (χ0v) is 20.9. The maximum atomic E-state index is 13.5. The van der Waals surface area contributed by atoms with Crippen LogP contribution in [-0.4, -0.2) is 70.7 Å². The second-order valence-electron chi connectivity index (χ2n) is 9.64. The van der Waals surface area contributed by atoms with Crippen LogP contribution in [0.15, 0.2) is 42.6 Å². The van der Waals surface area contributed by atoms with Crippen molar-refractivity contribution in [1.82, 2.24) is 14.8 Å². The molecule has 0 saturated heterocycles. The fraction of sp³-hybridized carbons (Fsp3) is 0.444. The van der Waals surface area contributed by atoms with E-state index in [1.165, 1.54) is 28.7 Å². The summed E-state index contributed by atoms with van der Waals surface area (Å²) in [5.74, 6) is -0.625. The highest BCUT2D eigenvalue weighted by molar-refractivity contribution is 5.97. The number of fused-ring (bicyclic) bond motifs is 1.